The van der Waals surface area contributed by atoms with Crippen molar-refractivity contribution >= 4 is 34.0 Å². The third-order valence-corrected chi connectivity index (χ3v) is 6.59. The Morgan fingerprint density at radius 1 is 1.03 bits per heavy atom. The van der Waals surface area contributed by atoms with Gasteiger partial charge in [0.25, 0.3) is 5.91 Å². The standard InChI is InChI=1S/C23H21N3O6S/c1-29-15-7-4-13(10-17(15)30-2)24-22(28)14-5-8-19-20(14)25-23(33-19)26-21(27)12-3-6-16-18(9-12)32-11-31-16/h3-4,6-7,9-10,14H,5,8,11H2,1-2H3,(H,24,28)(H,25,26,27). The zero-order valence-corrected chi connectivity index (χ0v) is 18.8. The predicted octanol–water partition coefficient (Wildman–Crippen LogP) is 3.81. The Balaban J connectivity index is 1.28. The maximum Gasteiger partial charge on any atom is 0.257 e. The third kappa shape index (κ3) is 4.05. The molecule has 1 aromatic heterocycles. The first-order chi connectivity index (χ1) is 16.1. The van der Waals surface area contributed by atoms with Crippen LogP contribution in [0.25, 0.3) is 0 Å². The Kier molecular flexibility index (Phi) is 5.51. The minimum atomic E-state index is -0.388. The Hall–Kier alpha value is -3.79. The van der Waals surface area contributed by atoms with Crippen molar-refractivity contribution in [2.24, 2.45) is 0 Å². The van der Waals surface area contributed by atoms with E-state index in [9.17, 15) is 9.59 Å². The summed E-state index contributed by atoms with van der Waals surface area (Å²) in [4.78, 5) is 31.2. The fourth-order valence-electron chi connectivity index (χ4n) is 3.89. The second kappa shape index (κ2) is 8.62. The van der Waals surface area contributed by atoms with Gasteiger partial charge in [-0.25, -0.2) is 4.98 Å². The fourth-order valence-corrected chi connectivity index (χ4v) is 4.92. The van der Waals surface area contributed by atoms with Crippen molar-refractivity contribution in [2.75, 3.05) is 31.6 Å². The van der Waals surface area contributed by atoms with Crippen LogP contribution in [0.15, 0.2) is 36.4 Å². The molecule has 170 valence electrons. The van der Waals surface area contributed by atoms with Crippen molar-refractivity contribution in [3.8, 4) is 23.0 Å². The number of fused-ring (bicyclic) bond motifs is 2. The summed E-state index contributed by atoms with van der Waals surface area (Å²) in [5.41, 5.74) is 1.76. The average molecular weight is 468 g/mol. The van der Waals surface area contributed by atoms with Gasteiger partial charge < -0.3 is 24.3 Å². The summed E-state index contributed by atoms with van der Waals surface area (Å²) in [6.45, 7) is 0.145. The number of hydrogen-bond acceptors (Lipinski definition) is 8. The van der Waals surface area contributed by atoms with Crippen LogP contribution >= 0.6 is 11.3 Å². The van der Waals surface area contributed by atoms with E-state index in [0.717, 1.165) is 11.3 Å². The number of thiazole rings is 1. The summed E-state index contributed by atoms with van der Waals surface area (Å²) < 4.78 is 21.1. The van der Waals surface area contributed by atoms with Crippen LogP contribution in [0.1, 0.15) is 33.3 Å². The van der Waals surface area contributed by atoms with E-state index < -0.39 is 0 Å². The molecule has 1 aliphatic carbocycles. The third-order valence-electron chi connectivity index (χ3n) is 5.54. The van der Waals surface area contributed by atoms with Gasteiger partial charge in [0, 0.05) is 22.2 Å². The monoisotopic (exact) mass is 467 g/mol. The maximum absolute atomic E-state index is 13.0. The number of nitrogens with zero attached hydrogens (tertiary/aromatic N) is 1. The zero-order valence-electron chi connectivity index (χ0n) is 18.0. The number of amides is 2. The molecule has 0 spiro atoms. The molecule has 1 atom stereocenters. The lowest BCUT2D eigenvalue weighted by Crippen LogP contribution is -2.20. The molecule has 0 saturated carbocycles. The molecule has 1 unspecified atom stereocenters. The van der Waals surface area contributed by atoms with Crippen molar-refractivity contribution in [3.63, 3.8) is 0 Å². The van der Waals surface area contributed by atoms with Gasteiger partial charge in [-0.1, -0.05) is 0 Å². The second-order valence-electron chi connectivity index (χ2n) is 7.50. The zero-order chi connectivity index (χ0) is 22.9. The molecule has 0 bridgehead atoms. The second-order valence-corrected chi connectivity index (χ2v) is 8.58. The maximum atomic E-state index is 13.0. The summed E-state index contributed by atoms with van der Waals surface area (Å²) in [5.74, 6) is 1.43. The molecule has 2 aliphatic rings. The Bertz CT molecular complexity index is 1240. The van der Waals surface area contributed by atoms with E-state index in [1.54, 1.807) is 50.6 Å². The van der Waals surface area contributed by atoms with Gasteiger partial charge in [0.1, 0.15) is 0 Å². The van der Waals surface area contributed by atoms with Gasteiger partial charge in [0.2, 0.25) is 12.7 Å². The van der Waals surface area contributed by atoms with Gasteiger partial charge >= 0.3 is 0 Å². The smallest absolute Gasteiger partial charge is 0.257 e. The van der Waals surface area contributed by atoms with E-state index in [0.29, 0.717) is 51.5 Å². The highest BCUT2D eigenvalue weighted by Crippen LogP contribution is 2.40. The Labute approximate surface area is 193 Å². The van der Waals surface area contributed by atoms with Crippen molar-refractivity contribution in [1.82, 2.24) is 4.98 Å². The van der Waals surface area contributed by atoms with Gasteiger partial charge in [0.05, 0.1) is 25.8 Å². The van der Waals surface area contributed by atoms with Crippen LogP contribution in [-0.4, -0.2) is 37.8 Å². The number of nitrogens with one attached hydrogen (secondary N) is 2. The molecule has 0 radical (unpaired) electrons. The van der Waals surface area contributed by atoms with Crippen molar-refractivity contribution in [3.05, 3.63) is 52.5 Å². The summed E-state index contributed by atoms with van der Waals surface area (Å²) >= 11 is 1.39. The highest BCUT2D eigenvalue weighted by molar-refractivity contribution is 7.16. The first-order valence-electron chi connectivity index (χ1n) is 10.3. The largest absolute Gasteiger partial charge is 0.493 e. The molecular formula is C23H21N3O6S. The SMILES string of the molecule is COc1ccc(NC(=O)C2CCc3sc(NC(=O)c4ccc5c(c4)OCO5)nc32)cc1OC. The van der Waals surface area contributed by atoms with Crippen LogP contribution in [-0.2, 0) is 11.2 Å². The number of hydrogen-bond donors (Lipinski definition) is 2. The lowest BCUT2D eigenvalue weighted by Gasteiger charge is -2.13. The number of benzene rings is 2. The van der Waals surface area contributed by atoms with Crippen LogP contribution in [0.2, 0.25) is 0 Å². The van der Waals surface area contributed by atoms with Crippen molar-refractivity contribution in [1.29, 1.82) is 0 Å². The average Bonchev–Trinajstić information content (AvgIpc) is 3.54. The minimum absolute atomic E-state index is 0.145. The molecule has 5 rings (SSSR count). The normalized spacial score (nSPS) is 15.6. The van der Waals surface area contributed by atoms with Crippen molar-refractivity contribution < 1.29 is 28.5 Å². The molecule has 2 heterocycles. The van der Waals surface area contributed by atoms with E-state index in [-0.39, 0.29) is 24.5 Å². The van der Waals surface area contributed by atoms with E-state index in [4.69, 9.17) is 18.9 Å². The highest BCUT2D eigenvalue weighted by Gasteiger charge is 2.33. The Morgan fingerprint density at radius 2 is 1.85 bits per heavy atom. The van der Waals surface area contributed by atoms with E-state index >= 15 is 0 Å². The van der Waals surface area contributed by atoms with Gasteiger partial charge in [-0.2, -0.15) is 0 Å². The summed E-state index contributed by atoms with van der Waals surface area (Å²) in [6, 6.07) is 10.2. The summed E-state index contributed by atoms with van der Waals surface area (Å²) in [6.07, 6.45) is 1.40. The van der Waals surface area contributed by atoms with Gasteiger partial charge in [0.15, 0.2) is 28.1 Å². The number of rotatable bonds is 6. The lowest BCUT2D eigenvalue weighted by atomic mass is 10.1. The van der Waals surface area contributed by atoms with Crippen LogP contribution in [0.3, 0.4) is 0 Å². The van der Waals surface area contributed by atoms with Crippen LogP contribution in [0.5, 0.6) is 23.0 Å². The first-order valence-corrected chi connectivity index (χ1v) is 11.1. The van der Waals surface area contributed by atoms with Crippen LogP contribution < -0.4 is 29.6 Å². The van der Waals surface area contributed by atoms with Crippen LogP contribution in [0.4, 0.5) is 10.8 Å². The fraction of sp³-hybridized carbons (Fsp3) is 0.261. The number of aromatic nitrogens is 1. The molecule has 33 heavy (non-hydrogen) atoms. The molecule has 2 N–H and O–H groups in total. The quantitative estimate of drug-likeness (QED) is 0.568. The molecular weight excluding hydrogens is 446 g/mol. The van der Waals surface area contributed by atoms with E-state index in [1.165, 1.54) is 11.3 Å². The number of anilines is 2. The number of carbonyl (C=O) groups excluding carboxylic acids is 2. The number of ether oxygens (including phenoxy) is 4. The van der Waals surface area contributed by atoms with Crippen molar-refractivity contribution in [2.45, 2.75) is 18.8 Å². The predicted molar refractivity (Wildman–Crippen MR) is 122 cm³/mol. The summed E-state index contributed by atoms with van der Waals surface area (Å²) in [7, 11) is 3.10. The minimum Gasteiger partial charge on any atom is -0.493 e. The van der Waals surface area contributed by atoms with E-state index in [2.05, 4.69) is 15.6 Å². The molecule has 10 heteroatoms. The Morgan fingerprint density at radius 3 is 2.67 bits per heavy atom. The molecule has 0 saturated heterocycles. The van der Waals surface area contributed by atoms with E-state index in [1.807, 2.05) is 0 Å². The molecule has 1 aliphatic heterocycles. The molecule has 2 amide bonds. The first kappa shape index (κ1) is 21.1. The molecule has 0 fully saturated rings. The topological polar surface area (TPSA) is 108 Å². The highest BCUT2D eigenvalue weighted by atomic mass is 32.1. The molecule has 2 aromatic carbocycles. The molecule has 9 nitrogen and oxygen atoms in total. The number of carbonyl (C=O) groups is 2. The van der Waals surface area contributed by atoms with Gasteiger partial charge in [-0.15, -0.1) is 11.3 Å². The lowest BCUT2D eigenvalue weighted by molar-refractivity contribution is -0.117. The summed E-state index contributed by atoms with van der Waals surface area (Å²) in [5, 5.41) is 6.22. The van der Waals surface area contributed by atoms with Gasteiger partial charge in [-0.3, -0.25) is 14.9 Å². The van der Waals surface area contributed by atoms with Gasteiger partial charge in [-0.05, 0) is 43.2 Å². The number of aryl methyl sites for hydroxylation is 1. The van der Waals surface area contributed by atoms with Crippen LogP contribution in [0, 0.1) is 0 Å². The molecule has 3 aromatic rings. The number of methoxy groups -OCH3 is 2.